The molecule has 26 heavy (non-hydrogen) atoms. The van der Waals surface area contributed by atoms with Gasteiger partial charge in [-0.15, -0.1) is 0 Å². The molecule has 1 amide bonds. The SMILES string of the molecule is COc1cccc(CC(=O)Nc2ccccc2Oc2ccccc2Cl)c1. The van der Waals surface area contributed by atoms with Crippen molar-refractivity contribution < 1.29 is 14.3 Å². The highest BCUT2D eigenvalue weighted by Crippen LogP contribution is 2.33. The van der Waals surface area contributed by atoms with Gasteiger partial charge in [0, 0.05) is 0 Å². The lowest BCUT2D eigenvalue weighted by molar-refractivity contribution is -0.115. The number of methoxy groups -OCH3 is 1. The quantitative estimate of drug-likeness (QED) is 0.641. The second kappa shape index (κ2) is 8.41. The maximum atomic E-state index is 12.4. The molecule has 0 bridgehead atoms. The summed E-state index contributed by atoms with van der Waals surface area (Å²) in [4.78, 5) is 12.4. The van der Waals surface area contributed by atoms with Crippen molar-refractivity contribution >= 4 is 23.2 Å². The van der Waals surface area contributed by atoms with Crippen LogP contribution in [-0.2, 0) is 11.2 Å². The summed E-state index contributed by atoms with van der Waals surface area (Å²) < 4.78 is 11.0. The van der Waals surface area contributed by atoms with Crippen LogP contribution in [0.1, 0.15) is 5.56 Å². The molecular formula is C21H18ClNO3. The molecule has 0 heterocycles. The fourth-order valence-electron chi connectivity index (χ4n) is 2.47. The summed E-state index contributed by atoms with van der Waals surface area (Å²) in [6.07, 6.45) is 0.234. The van der Waals surface area contributed by atoms with E-state index in [1.165, 1.54) is 0 Å². The molecule has 1 N–H and O–H groups in total. The smallest absolute Gasteiger partial charge is 0.228 e. The van der Waals surface area contributed by atoms with E-state index in [1.807, 2.05) is 48.5 Å². The standard InChI is InChI=1S/C21H18ClNO3/c1-25-16-8-6-7-15(13-16)14-21(24)23-18-10-3-5-12-20(18)26-19-11-4-2-9-17(19)22/h2-13H,14H2,1H3,(H,23,24). The number of anilines is 1. The number of hydrogen-bond acceptors (Lipinski definition) is 3. The summed E-state index contributed by atoms with van der Waals surface area (Å²) in [5.74, 6) is 1.63. The normalized spacial score (nSPS) is 10.2. The number of benzene rings is 3. The van der Waals surface area contributed by atoms with Gasteiger partial charge in [0.05, 0.1) is 24.2 Å². The van der Waals surface area contributed by atoms with Crippen LogP contribution in [0.2, 0.25) is 5.02 Å². The lowest BCUT2D eigenvalue weighted by atomic mass is 10.1. The zero-order valence-corrected chi connectivity index (χ0v) is 15.0. The monoisotopic (exact) mass is 367 g/mol. The molecule has 0 saturated carbocycles. The van der Waals surface area contributed by atoms with Crippen molar-refractivity contribution in [3.8, 4) is 17.2 Å². The van der Waals surface area contributed by atoms with Gasteiger partial charge in [0.25, 0.3) is 0 Å². The van der Waals surface area contributed by atoms with E-state index in [-0.39, 0.29) is 12.3 Å². The van der Waals surface area contributed by atoms with Crippen molar-refractivity contribution in [2.45, 2.75) is 6.42 Å². The minimum Gasteiger partial charge on any atom is -0.497 e. The van der Waals surface area contributed by atoms with Crippen molar-refractivity contribution in [3.63, 3.8) is 0 Å². The van der Waals surface area contributed by atoms with E-state index < -0.39 is 0 Å². The van der Waals surface area contributed by atoms with Crippen LogP contribution < -0.4 is 14.8 Å². The lowest BCUT2D eigenvalue weighted by Gasteiger charge is -2.13. The molecule has 0 saturated heterocycles. The molecule has 0 radical (unpaired) electrons. The fraction of sp³-hybridized carbons (Fsp3) is 0.0952. The highest BCUT2D eigenvalue weighted by atomic mass is 35.5. The minimum atomic E-state index is -0.145. The van der Waals surface area contributed by atoms with E-state index in [9.17, 15) is 4.79 Å². The van der Waals surface area contributed by atoms with Crippen molar-refractivity contribution in [2.75, 3.05) is 12.4 Å². The Hall–Kier alpha value is -2.98. The first-order valence-corrected chi connectivity index (χ1v) is 8.47. The molecule has 0 aromatic heterocycles. The van der Waals surface area contributed by atoms with Gasteiger partial charge in [0.2, 0.25) is 5.91 Å². The fourth-order valence-corrected chi connectivity index (χ4v) is 2.64. The van der Waals surface area contributed by atoms with E-state index in [0.717, 1.165) is 11.3 Å². The summed E-state index contributed by atoms with van der Waals surface area (Å²) in [6, 6.07) is 21.9. The Morgan fingerprint density at radius 3 is 2.46 bits per heavy atom. The summed E-state index contributed by atoms with van der Waals surface area (Å²) in [5.41, 5.74) is 1.45. The number of amides is 1. The van der Waals surface area contributed by atoms with E-state index in [0.29, 0.717) is 22.2 Å². The number of carbonyl (C=O) groups is 1. The first kappa shape index (κ1) is 17.8. The third kappa shape index (κ3) is 4.55. The number of rotatable bonds is 6. The maximum Gasteiger partial charge on any atom is 0.228 e. The first-order chi connectivity index (χ1) is 12.7. The number of ether oxygens (including phenoxy) is 2. The van der Waals surface area contributed by atoms with Gasteiger partial charge in [-0.25, -0.2) is 0 Å². The summed E-state index contributed by atoms with van der Waals surface area (Å²) in [7, 11) is 1.60. The molecule has 0 spiro atoms. The van der Waals surface area contributed by atoms with E-state index in [4.69, 9.17) is 21.1 Å². The van der Waals surface area contributed by atoms with Crippen molar-refractivity contribution in [2.24, 2.45) is 0 Å². The minimum absolute atomic E-state index is 0.145. The molecule has 3 aromatic carbocycles. The lowest BCUT2D eigenvalue weighted by Crippen LogP contribution is -2.15. The van der Waals surface area contributed by atoms with Crippen LogP contribution in [0.5, 0.6) is 17.2 Å². The van der Waals surface area contributed by atoms with Crippen LogP contribution in [0, 0.1) is 0 Å². The third-order valence-electron chi connectivity index (χ3n) is 3.72. The van der Waals surface area contributed by atoms with Crippen molar-refractivity contribution in [1.82, 2.24) is 0 Å². The van der Waals surface area contributed by atoms with Gasteiger partial charge >= 0.3 is 0 Å². The van der Waals surface area contributed by atoms with Crippen molar-refractivity contribution in [3.05, 3.63) is 83.4 Å². The Labute approximate surface area is 157 Å². The van der Waals surface area contributed by atoms with E-state index >= 15 is 0 Å². The molecule has 0 aliphatic heterocycles. The van der Waals surface area contributed by atoms with Gasteiger partial charge in [-0.1, -0.05) is 48.0 Å². The molecule has 0 atom stereocenters. The molecule has 4 nitrogen and oxygen atoms in total. The molecule has 0 unspecified atom stereocenters. The topological polar surface area (TPSA) is 47.6 Å². The Morgan fingerprint density at radius 1 is 0.962 bits per heavy atom. The maximum absolute atomic E-state index is 12.4. The zero-order chi connectivity index (χ0) is 18.4. The predicted octanol–water partition coefficient (Wildman–Crippen LogP) is 5.32. The van der Waals surface area contributed by atoms with Crippen molar-refractivity contribution in [1.29, 1.82) is 0 Å². The van der Waals surface area contributed by atoms with Crippen LogP contribution in [0.25, 0.3) is 0 Å². The second-order valence-electron chi connectivity index (χ2n) is 5.61. The number of halogens is 1. The number of carbonyl (C=O) groups excluding carboxylic acids is 1. The Balaban J connectivity index is 1.73. The summed E-state index contributed by atoms with van der Waals surface area (Å²) in [6.45, 7) is 0. The Bertz CT molecular complexity index is 911. The zero-order valence-electron chi connectivity index (χ0n) is 14.2. The highest BCUT2D eigenvalue weighted by Gasteiger charge is 2.11. The molecule has 132 valence electrons. The molecule has 3 aromatic rings. The largest absolute Gasteiger partial charge is 0.497 e. The average molecular weight is 368 g/mol. The third-order valence-corrected chi connectivity index (χ3v) is 4.03. The van der Waals surface area contributed by atoms with Gasteiger partial charge in [-0.05, 0) is 42.0 Å². The van der Waals surface area contributed by atoms with E-state index in [1.54, 1.807) is 31.4 Å². The van der Waals surface area contributed by atoms with Crippen LogP contribution in [0.15, 0.2) is 72.8 Å². The molecule has 5 heteroatoms. The summed E-state index contributed by atoms with van der Waals surface area (Å²) in [5, 5.41) is 3.39. The molecule has 0 fully saturated rings. The number of hydrogen-bond donors (Lipinski definition) is 1. The molecule has 3 rings (SSSR count). The Morgan fingerprint density at radius 2 is 1.69 bits per heavy atom. The van der Waals surface area contributed by atoms with E-state index in [2.05, 4.69) is 5.32 Å². The van der Waals surface area contributed by atoms with Gasteiger partial charge in [0.15, 0.2) is 5.75 Å². The van der Waals surface area contributed by atoms with Crippen LogP contribution in [0.4, 0.5) is 5.69 Å². The van der Waals surface area contributed by atoms with Crippen LogP contribution in [0.3, 0.4) is 0 Å². The molecular weight excluding hydrogens is 350 g/mol. The van der Waals surface area contributed by atoms with Gasteiger partial charge in [-0.2, -0.15) is 0 Å². The number of para-hydroxylation sites is 3. The highest BCUT2D eigenvalue weighted by molar-refractivity contribution is 6.32. The average Bonchev–Trinajstić information content (AvgIpc) is 2.65. The predicted molar refractivity (Wildman–Crippen MR) is 103 cm³/mol. The van der Waals surface area contributed by atoms with Crippen LogP contribution >= 0.6 is 11.6 Å². The molecule has 0 aliphatic rings. The first-order valence-electron chi connectivity index (χ1n) is 8.10. The van der Waals surface area contributed by atoms with Gasteiger partial charge < -0.3 is 14.8 Å². The second-order valence-corrected chi connectivity index (χ2v) is 6.01. The number of nitrogens with one attached hydrogen (secondary N) is 1. The van der Waals surface area contributed by atoms with Gasteiger partial charge in [0.1, 0.15) is 11.5 Å². The molecule has 0 aliphatic carbocycles. The Kier molecular flexibility index (Phi) is 5.77. The van der Waals surface area contributed by atoms with Crippen LogP contribution in [-0.4, -0.2) is 13.0 Å². The summed E-state index contributed by atoms with van der Waals surface area (Å²) >= 11 is 6.14. The van der Waals surface area contributed by atoms with Gasteiger partial charge in [-0.3, -0.25) is 4.79 Å².